The van der Waals surface area contributed by atoms with Gasteiger partial charge in [-0.05, 0) is 31.9 Å². The van der Waals surface area contributed by atoms with E-state index >= 15 is 0 Å². The molecule has 0 aliphatic heterocycles. The van der Waals surface area contributed by atoms with Crippen LogP contribution in [0.2, 0.25) is 0 Å². The lowest BCUT2D eigenvalue weighted by atomic mass is 10.1. The Bertz CT molecular complexity index is 1220. The summed E-state index contributed by atoms with van der Waals surface area (Å²) in [5.41, 5.74) is 0.163. The largest absolute Gasteiger partial charge is 0.354 e. The molecular formula is C24H31FN4O6S. The van der Waals surface area contributed by atoms with E-state index in [4.69, 9.17) is 0 Å². The summed E-state index contributed by atoms with van der Waals surface area (Å²) in [7, 11) is -4.07. The number of hydrogen-bond donors (Lipinski definition) is 1. The molecule has 1 N–H and O–H groups in total. The van der Waals surface area contributed by atoms with E-state index in [-0.39, 0.29) is 23.5 Å². The Hall–Kier alpha value is -3.54. The predicted octanol–water partition coefficient (Wildman–Crippen LogP) is 3.14. The Kier molecular flexibility index (Phi) is 9.91. The monoisotopic (exact) mass is 522 g/mol. The van der Waals surface area contributed by atoms with Crippen LogP contribution in [0.4, 0.5) is 15.8 Å². The molecule has 10 nitrogen and oxygen atoms in total. The summed E-state index contributed by atoms with van der Waals surface area (Å²) in [6.07, 6.45) is 2.45. The van der Waals surface area contributed by atoms with Gasteiger partial charge < -0.3 is 10.2 Å². The fourth-order valence-electron chi connectivity index (χ4n) is 3.50. The van der Waals surface area contributed by atoms with E-state index in [2.05, 4.69) is 5.32 Å². The SMILES string of the molecule is CCCCNC(=O)[C@@H](C)N(Cc1ccccc1F)C(=O)CN(c1cc([N+](=O)[O-])ccc1C)S(C)(=O)=O. The molecule has 0 fully saturated rings. The molecule has 2 aromatic carbocycles. The smallest absolute Gasteiger partial charge is 0.271 e. The second-order valence-electron chi connectivity index (χ2n) is 8.43. The Morgan fingerprint density at radius 1 is 1.19 bits per heavy atom. The van der Waals surface area contributed by atoms with Gasteiger partial charge in [-0.15, -0.1) is 0 Å². The van der Waals surface area contributed by atoms with Crippen molar-refractivity contribution in [3.63, 3.8) is 0 Å². The number of nitrogens with zero attached hydrogens (tertiary/aromatic N) is 3. The summed E-state index contributed by atoms with van der Waals surface area (Å²) >= 11 is 0. The average Bonchev–Trinajstić information content (AvgIpc) is 2.81. The van der Waals surface area contributed by atoms with E-state index in [1.165, 1.54) is 37.3 Å². The molecule has 0 saturated carbocycles. The predicted molar refractivity (Wildman–Crippen MR) is 134 cm³/mol. The molecule has 2 amide bonds. The first-order valence-corrected chi connectivity index (χ1v) is 13.2. The minimum Gasteiger partial charge on any atom is -0.354 e. The molecular weight excluding hydrogens is 491 g/mol. The van der Waals surface area contributed by atoms with Gasteiger partial charge in [-0.2, -0.15) is 0 Å². The highest BCUT2D eigenvalue weighted by Crippen LogP contribution is 2.28. The lowest BCUT2D eigenvalue weighted by Gasteiger charge is -2.32. The van der Waals surface area contributed by atoms with E-state index in [9.17, 15) is 32.5 Å². The van der Waals surface area contributed by atoms with Crippen LogP contribution in [0.1, 0.15) is 37.8 Å². The quantitative estimate of drug-likeness (QED) is 0.259. The summed E-state index contributed by atoms with van der Waals surface area (Å²) in [6.45, 7) is 4.37. The van der Waals surface area contributed by atoms with Crippen LogP contribution in [0.5, 0.6) is 0 Å². The summed E-state index contributed by atoms with van der Waals surface area (Å²) in [5.74, 6) is -1.82. The number of nitro groups is 1. The van der Waals surface area contributed by atoms with Gasteiger partial charge in [0.05, 0.1) is 16.9 Å². The normalized spacial score (nSPS) is 12.0. The number of non-ortho nitro benzene ring substituents is 1. The molecule has 2 aromatic rings. The summed E-state index contributed by atoms with van der Waals surface area (Å²) < 4.78 is 40.5. The van der Waals surface area contributed by atoms with Gasteiger partial charge in [-0.25, -0.2) is 12.8 Å². The second kappa shape index (κ2) is 12.4. The maximum atomic E-state index is 14.4. The molecule has 0 saturated heterocycles. The van der Waals surface area contributed by atoms with Crippen molar-refractivity contribution < 1.29 is 27.3 Å². The molecule has 12 heteroatoms. The first-order chi connectivity index (χ1) is 16.9. The van der Waals surface area contributed by atoms with Crippen molar-refractivity contribution in [3.05, 3.63) is 69.5 Å². The topological polar surface area (TPSA) is 130 Å². The third-order valence-corrected chi connectivity index (χ3v) is 6.77. The molecule has 0 aliphatic rings. The summed E-state index contributed by atoms with van der Waals surface area (Å²) in [6, 6.07) is 8.42. The Labute approximate surface area is 210 Å². The summed E-state index contributed by atoms with van der Waals surface area (Å²) in [5, 5.41) is 14.0. The standard InChI is InChI=1S/C24H31FN4O6S/c1-5-6-13-26-24(31)18(3)27(15-19-9-7-8-10-21(19)25)23(30)16-28(36(4,34)35)22-14-20(29(32)33)12-11-17(22)2/h7-12,14,18H,5-6,13,15-16H2,1-4H3,(H,26,31)/t18-/m1/s1. The highest BCUT2D eigenvalue weighted by Gasteiger charge is 2.31. The van der Waals surface area contributed by atoms with Crippen molar-refractivity contribution in [2.75, 3.05) is 23.7 Å². The number of carbonyl (C=O) groups is 2. The van der Waals surface area contributed by atoms with Crippen molar-refractivity contribution in [1.82, 2.24) is 10.2 Å². The number of nitrogens with one attached hydrogen (secondary N) is 1. The van der Waals surface area contributed by atoms with Crippen LogP contribution in [-0.2, 0) is 26.2 Å². The maximum Gasteiger partial charge on any atom is 0.271 e. The highest BCUT2D eigenvalue weighted by molar-refractivity contribution is 7.92. The summed E-state index contributed by atoms with van der Waals surface area (Å²) in [4.78, 5) is 37.9. The fraction of sp³-hybridized carbons (Fsp3) is 0.417. The average molecular weight is 523 g/mol. The zero-order valence-electron chi connectivity index (χ0n) is 20.7. The van der Waals surface area contributed by atoms with Crippen molar-refractivity contribution >= 4 is 33.2 Å². The van der Waals surface area contributed by atoms with Crippen LogP contribution in [0.15, 0.2) is 42.5 Å². The van der Waals surface area contributed by atoms with Crippen molar-refractivity contribution in [3.8, 4) is 0 Å². The number of rotatable bonds is 12. The van der Waals surface area contributed by atoms with E-state index in [0.29, 0.717) is 12.1 Å². The molecule has 2 rings (SSSR count). The van der Waals surface area contributed by atoms with E-state index < -0.39 is 45.2 Å². The zero-order valence-corrected chi connectivity index (χ0v) is 21.5. The Morgan fingerprint density at radius 3 is 2.44 bits per heavy atom. The van der Waals surface area contributed by atoms with Crippen molar-refractivity contribution in [2.45, 2.75) is 46.2 Å². The molecule has 0 unspecified atom stereocenters. The van der Waals surface area contributed by atoms with Gasteiger partial charge in [-0.3, -0.25) is 24.0 Å². The minimum absolute atomic E-state index is 0.0362. The third kappa shape index (κ3) is 7.48. The van der Waals surface area contributed by atoms with Crippen LogP contribution in [-0.4, -0.2) is 55.4 Å². The number of benzene rings is 2. The highest BCUT2D eigenvalue weighted by atomic mass is 32.2. The Balaban J connectivity index is 2.46. The lowest BCUT2D eigenvalue weighted by molar-refractivity contribution is -0.384. The third-order valence-electron chi connectivity index (χ3n) is 5.65. The van der Waals surface area contributed by atoms with Gasteiger partial charge in [0.1, 0.15) is 18.4 Å². The number of amides is 2. The number of unbranched alkanes of at least 4 members (excludes halogenated alkanes) is 1. The van der Waals surface area contributed by atoms with Crippen molar-refractivity contribution in [2.24, 2.45) is 0 Å². The fourth-order valence-corrected chi connectivity index (χ4v) is 4.40. The molecule has 0 radical (unpaired) electrons. The van der Waals surface area contributed by atoms with Crippen LogP contribution >= 0.6 is 0 Å². The number of hydrogen-bond acceptors (Lipinski definition) is 6. The molecule has 0 bridgehead atoms. The number of carbonyl (C=O) groups excluding carboxylic acids is 2. The van der Waals surface area contributed by atoms with Crippen LogP contribution in [0.25, 0.3) is 0 Å². The molecule has 1 atom stereocenters. The maximum absolute atomic E-state index is 14.4. The number of sulfonamides is 1. The van der Waals surface area contributed by atoms with Gasteiger partial charge in [0.25, 0.3) is 5.69 Å². The number of anilines is 1. The van der Waals surface area contributed by atoms with Gasteiger partial charge in [-0.1, -0.05) is 37.6 Å². The van der Waals surface area contributed by atoms with Gasteiger partial charge >= 0.3 is 0 Å². The first kappa shape index (κ1) is 28.7. The van der Waals surface area contributed by atoms with E-state index in [1.807, 2.05) is 6.92 Å². The number of halogens is 1. The Morgan fingerprint density at radius 2 is 1.86 bits per heavy atom. The zero-order chi connectivity index (χ0) is 27.0. The van der Waals surface area contributed by atoms with Gasteiger partial charge in [0, 0.05) is 30.8 Å². The lowest BCUT2D eigenvalue weighted by Crippen LogP contribution is -2.51. The van der Waals surface area contributed by atoms with E-state index in [1.54, 1.807) is 13.0 Å². The minimum atomic E-state index is -4.07. The first-order valence-electron chi connectivity index (χ1n) is 11.4. The molecule has 196 valence electrons. The van der Waals surface area contributed by atoms with Crippen LogP contribution in [0, 0.1) is 22.9 Å². The molecule has 0 aliphatic carbocycles. The second-order valence-corrected chi connectivity index (χ2v) is 10.3. The molecule has 0 spiro atoms. The van der Waals surface area contributed by atoms with Crippen LogP contribution in [0.3, 0.4) is 0 Å². The van der Waals surface area contributed by atoms with Crippen LogP contribution < -0.4 is 9.62 Å². The van der Waals surface area contributed by atoms with E-state index in [0.717, 1.165) is 34.4 Å². The molecule has 0 aromatic heterocycles. The van der Waals surface area contributed by atoms with Gasteiger partial charge in [0.2, 0.25) is 21.8 Å². The van der Waals surface area contributed by atoms with Gasteiger partial charge in [0.15, 0.2) is 0 Å². The molecule has 0 heterocycles. The number of aryl methyl sites for hydroxylation is 1. The number of nitro benzene ring substituents is 1. The van der Waals surface area contributed by atoms with Crippen molar-refractivity contribution in [1.29, 1.82) is 0 Å². The molecule has 36 heavy (non-hydrogen) atoms.